The molecule has 0 radical (unpaired) electrons. The molecule has 1 aromatic heterocycles. The van der Waals surface area contributed by atoms with E-state index in [1.807, 2.05) is 18.2 Å². The number of nitrogens with two attached hydrogens (primary N) is 1. The van der Waals surface area contributed by atoms with Crippen LogP contribution in [0.1, 0.15) is 42.1 Å². The van der Waals surface area contributed by atoms with Crippen molar-refractivity contribution in [2.24, 2.45) is 17.6 Å². The van der Waals surface area contributed by atoms with Gasteiger partial charge in [-0.1, -0.05) is 42.3 Å². The number of aryl methyl sites for hydroxylation is 1. The summed E-state index contributed by atoms with van der Waals surface area (Å²) >= 11 is 0. The van der Waals surface area contributed by atoms with Crippen LogP contribution in [-0.2, 0) is 11.2 Å². The summed E-state index contributed by atoms with van der Waals surface area (Å²) in [7, 11) is 0. The third kappa shape index (κ3) is 6.20. The zero-order valence-corrected chi connectivity index (χ0v) is 17.3. The summed E-state index contributed by atoms with van der Waals surface area (Å²) in [6.07, 6.45) is 5.60. The molecule has 0 spiro atoms. The minimum Gasteiger partial charge on any atom is -0.347 e. The monoisotopic (exact) mass is 409 g/mol. The van der Waals surface area contributed by atoms with Gasteiger partial charge in [-0.15, -0.1) is 24.8 Å². The minimum absolute atomic E-state index is 0. The fourth-order valence-corrected chi connectivity index (χ4v) is 3.71. The Hall–Kier alpha value is -1.62. The molecule has 1 saturated carbocycles. The van der Waals surface area contributed by atoms with Crippen LogP contribution in [-0.4, -0.2) is 17.4 Å². The standard InChI is InChI=1S/C21H27N3O.2ClH/c1-15-8-10-16(11-9-15)13-20(19-7-2-3-12-23-19)24-21(25)18-6-4-5-17(18)14-22;;/h2-3,7-12,17-18,20H,4-6,13-14,22H2,1H3,(H,24,25);2*1H/t17-,18-,20?;;/m1../s1. The van der Waals surface area contributed by atoms with Gasteiger partial charge in [0.25, 0.3) is 0 Å². The second-order valence-electron chi connectivity index (χ2n) is 7.04. The van der Waals surface area contributed by atoms with Crippen LogP contribution < -0.4 is 11.1 Å². The van der Waals surface area contributed by atoms with Gasteiger partial charge in [0.05, 0.1) is 11.7 Å². The number of nitrogens with zero attached hydrogens (tertiary/aromatic N) is 1. The molecule has 0 aliphatic heterocycles. The first-order valence-corrected chi connectivity index (χ1v) is 9.14. The minimum atomic E-state index is -0.115. The summed E-state index contributed by atoms with van der Waals surface area (Å²) in [5.41, 5.74) is 9.18. The Labute approximate surface area is 174 Å². The summed E-state index contributed by atoms with van der Waals surface area (Å²) in [6.45, 7) is 2.67. The molecule has 3 N–H and O–H groups in total. The molecular formula is C21H29Cl2N3O. The second-order valence-corrected chi connectivity index (χ2v) is 7.04. The lowest BCUT2D eigenvalue weighted by Gasteiger charge is -2.23. The Bertz CT molecular complexity index is 694. The Balaban J connectivity index is 0.00000182. The highest BCUT2D eigenvalue weighted by Gasteiger charge is 2.33. The number of rotatable bonds is 6. The SMILES string of the molecule is Cc1ccc(CC(NC(=O)[C@@H]2CCC[C@@H]2CN)c2ccccn2)cc1.Cl.Cl. The number of nitrogens with one attached hydrogen (secondary N) is 1. The van der Waals surface area contributed by atoms with Gasteiger partial charge in [0.1, 0.15) is 0 Å². The molecule has 1 aliphatic rings. The molecular weight excluding hydrogens is 381 g/mol. The molecule has 2 aromatic rings. The highest BCUT2D eigenvalue weighted by atomic mass is 35.5. The predicted molar refractivity (Wildman–Crippen MR) is 114 cm³/mol. The van der Waals surface area contributed by atoms with Gasteiger partial charge < -0.3 is 11.1 Å². The number of pyridine rings is 1. The van der Waals surface area contributed by atoms with Gasteiger partial charge in [0.15, 0.2) is 0 Å². The normalized spacial score (nSPS) is 19.5. The average molecular weight is 410 g/mol. The van der Waals surface area contributed by atoms with Gasteiger partial charge in [0.2, 0.25) is 5.91 Å². The van der Waals surface area contributed by atoms with E-state index in [-0.39, 0.29) is 42.7 Å². The van der Waals surface area contributed by atoms with Crippen molar-refractivity contribution in [3.63, 3.8) is 0 Å². The largest absolute Gasteiger partial charge is 0.347 e. The van der Waals surface area contributed by atoms with Crippen LogP contribution in [0.15, 0.2) is 48.7 Å². The molecule has 4 nitrogen and oxygen atoms in total. The number of hydrogen-bond acceptors (Lipinski definition) is 3. The smallest absolute Gasteiger partial charge is 0.223 e. The first-order valence-electron chi connectivity index (χ1n) is 9.14. The maximum atomic E-state index is 12.8. The summed E-state index contributed by atoms with van der Waals surface area (Å²) < 4.78 is 0. The number of halogens is 2. The number of carbonyl (C=O) groups excluding carboxylic acids is 1. The number of benzene rings is 1. The lowest BCUT2D eigenvalue weighted by molar-refractivity contribution is -0.126. The average Bonchev–Trinajstić information content (AvgIpc) is 3.12. The Morgan fingerprint density at radius 3 is 2.56 bits per heavy atom. The van der Waals surface area contributed by atoms with Crippen LogP contribution in [0.4, 0.5) is 0 Å². The van der Waals surface area contributed by atoms with Crippen LogP contribution in [0.5, 0.6) is 0 Å². The first-order chi connectivity index (χ1) is 12.2. The number of hydrogen-bond donors (Lipinski definition) is 2. The molecule has 1 aliphatic carbocycles. The lowest BCUT2D eigenvalue weighted by Crippen LogP contribution is -2.38. The number of amides is 1. The van der Waals surface area contributed by atoms with Gasteiger partial charge >= 0.3 is 0 Å². The molecule has 3 rings (SSSR count). The van der Waals surface area contributed by atoms with Gasteiger partial charge in [-0.25, -0.2) is 0 Å². The number of aromatic nitrogens is 1. The molecule has 1 fully saturated rings. The fourth-order valence-electron chi connectivity index (χ4n) is 3.71. The van der Waals surface area contributed by atoms with Crippen molar-refractivity contribution in [3.05, 3.63) is 65.5 Å². The topological polar surface area (TPSA) is 68.0 Å². The van der Waals surface area contributed by atoms with Gasteiger partial charge in [0, 0.05) is 12.1 Å². The Morgan fingerprint density at radius 1 is 1.19 bits per heavy atom. The zero-order chi connectivity index (χ0) is 17.6. The molecule has 148 valence electrons. The molecule has 1 amide bonds. The van der Waals surface area contributed by atoms with E-state index < -0.39 is 0 Å². The summed E-state index contributed by atoms with van der Waals surface area (Å²) in [4.78, 5) is 17.3. The molecule has 1 aromatic carbocycles. The third-order valence-corrected chi connectivity index (χ3v) is 5.22. The van der Waals surface area contributed by atoms with E-state index in [9.17, 15) is 4.79 Å². The van der Waals surface area contributed by atoms with Crippen molar-refractivity contribution in [1.29, 1.82) is 0 Å². The summed E-state index contributed by atoms with van der Waals surface area (Å²) in [6, 6.07) is 14.2. The molecule has 1 heterocycles. The van der Waals surface area contributed by atoms with E-state index in [0.29, 0.717) is 12.5 Å². The maximum absolute atomic E-state index is 12.8. The summed E-state index contributed by atoms with van der Waals surface area (Å²) in [5.74, 6) is 0.466. The zero-order valence-electron chi connectivity index (χ0n) is 15.6. The van der Waals surface area contributed by atoms with E-state index in [0.717, 1.165) is 31.4 Å². The van der Waals surface area contributed by atoms with E-state index in [1.54, 1.807) is 6.20 Å². The Morgan fingerprint density at radius 2 is 1.93 bits per heavy atom. The Kier molecular flexibility index (Phi) is 9.78. The van der Waals surface area contributed by atoms with Crippen molar-refractivity contribution in [3.8, 4) is 0 Å². The van der Waals surface area contributed by atoms with Crippen LogP contribution in [0.3, 0.4) is 0 Å². The highest BCUT2D eigenvalue weighted by Crippen LogP contribution is 2.31. The van der Waals surface area contributed by atoms with Crippen molar-refractivity contribution in [2.45, 2.75) is 38.6 Å². The molecule has 1 unspecified atom stereocenters. The highest BCUT2D eigenvalue weighted by molar-refractivity contribution is 5.85. The molecule has 0 bridgehead atoms. The summed E-state index contributed by atoms with van der Waals surface area (Å²) in [5, 5.41) is 3.25. The molecule has 0 saturated heterocycles. The van der Waals surface area contributed by atoms with E-state index in [1.165, 1.54) is 11.1 Å². The molecule has 3 atom stereocenters. The van der Waals surface area contributed by atoms with Crippen LogP contribution >= 0.6 is 24.8 Å². The van der Waals surface area contributed by atoms with Crippen molar-refractivity contribution < 1.29 is 4.79 Å². The van der Waals surface area contributed by atoms with E-state index >= 15 is 0 Å². The molecule has 6 heteroatoms. The maximum Gasteiger partial charge on any atom is 0.223 e. The predicted octanol–water partition coefficient (Wildman–Crippen LogP) is 4.01. The van der Waals surface area contributed by atoms with Crippen LogP contribution in [0, 0.1) is 18.8 Å². The van der Waals surface area contributed by atoms with Crippen molar-refractivity contribution in [2.75, 3.05) is 6.54 Å². The molecule has 27 heavy (non-hydrogen) atoms. The van der Waals surface area contributed by atoms with E-state index in [2.05, 4.69) is 41.5 Å². The number of carbonyl (C=O) groups is 1. The van der Waals surface area contributed by atoms with Crippen LogP contribution in [0.2, 0.25) is 0 Å². The van der Waals surface area contributed by atoms with Gasteiger partial charge in [-0.2, -0.15) is 0 Å². The van der Waals surface area contributed by atoms with E-state index in [4.69, 9.17) is 5.73 Å². The fraction of sp³-hybridized carbons (Fsp3) is 0.429. The first kappa shape index (κ1) is 23.4. The third-order valence-electron chi connectivity index (χ3n) is 5.22. The van der Waals surface area contributed by atoms with Gasteiger partial charge in [-0.3, -0.25) is 9.78 Å². The second kappa shape index (κ2) is 11.3. The lowest BCUT2D eigenvalue weighted by atomic mass is 9.94. The van der Waals surface area contributed by atoms with Crippen molar-refractivity contribution >= 4 is 30.7 Å². The van der Waals surface area contributed by atoms with Crippen LogP contribution in [0.25, 0.3) is 0 Å². The quantitative estimate of drug-likeness (QED) is 0.756. The van der Waals surface area contributed by atoms with Crippen molar-refractivity contribution in [1.82, 2.24) is 10.3 Å². The van der Waals surface area contributed by atoms with Gasteiger partial charge in [-0.05, 0) is 56.3 Å².